The fourth-order valence-corrected chi connectivity index (χ4v) is 4.62. The molecule has 0 bridgehead atoms. The number of piperazine rings is 1. The monoisotopic (exact) mass is 443 g/mol. The van der Waals surface area contributed by atoms with Crippen LogP contribution in [0.1, 0.15) is 29.4 Å². The van der Waals surface area contributed by atoms with E-state index in [0.29, 0.717) is 29.7 Å². The molecule has 1 atom stereocenters. The summed E-state index contributed by atoms with van der Waals surface area (Å²) in [6.45, 7) is 5.46. The molecule has 1 fully saturated rings. The molecule has 7 heteroatoms. The first kappa shape index (κ1) is 21.2. The number of carbonyl (C=O) groups is 1. The zero-order chi connectivity index (χ0) is 22.8. The first-order chi connectivity index (χ1) is 16.1. The minimum atomic E-state index is 0.122. The van der Waals surface area contributed by atoms with Crippen molar-refractivity contribution in [2.45, 2.75) is 19.8 Å². The van der Waals surface area contributed by atoms with E-state index < -0.39 is 0 Å². The van der Waals surface area contributed by atoms with Gasteiger partial charge in [0.15, 0.2) is 5.78 Å². The fraction of sp³-hybridized carbons (Fsp3) is 0.346. The molecule has 0 saturated carbocycles. The predicted octanol–water partition coefficient (Wildman–Crippen LogP) is 4.32. The van der Waals surface area contributed by atoms with E-state index in [-0.39, 0.29) is 5.78 Å². The second-order valence-corrected chi connectivity index (χ2v) is 8.80. The fourth-order valence-electron chi connectivity index (χ4n) is 4.62. The van der Waals surface area contributed by atoms with Gasteiger partial charge >= 0.3 is 0 Å². The number of benzene rings is 2. The molecule has 1 aliphatic carbocycles. The van der Waals surface area contributed by atoms with Crippen LogP contribution in [0.4, 0.5) is 23.1 Å². The number of ketones is 1. The summed E-state index contributed by atoms with van der Waals surface area (Å²) in [7, 11) is 1.69. The van der Waals surface area contributed by atoms with Crippen molar-refractivity contribution >= 4 is 28.9 Å². The van der Waals surface area contributed by atoms with E-state index in [4.69, 9.17) is 14.7 Å². The molecular formula is C26H29N5O2. The van der Waals surface area contributed by atoms with Gasteiger partial charge < -0.3 is 19.9 Å². The van der Waals surface area contributed by atoms with E-state index in [9.17, 15) is 4.79 Å². The van der Waals surface area contributed by atoms with Crippen molar-refractivity contribution in [3.8, 4) is 5.75 Å². The Morgan fingerprint density at radius 2 is 1.70 bits per heavy atom. The number of carbonyl (C=O) groups excluding carboxylic acids is 1. The second kappa shape index (κ2) is 9.10. The zero-order valence-corrected chi connectivity index (χ0v) is 19.1. The topological polar surface area (TPSA) is 70.6 Å². The first-order valence-electron chi connectivity index (χ1n) is 11.5. The summed E-state index contributed by atoms with van der Waals surface area (Å²) in [5.41, 5.74) is 3.58. The quantitative estimate of drug-likeness (QED) is 0.630. The van der Waals surface area contributed by atoms with Gasteiger partial charge in [0.05, 0.1) is 18.4 Å². The maximum Gasteiger partial charge on any atom is 0.227 e. The Morgan fingerprint density at radius 1 is 0.939 bits per heavy atom. The highest BCUT2D eigenvalue weighted by atomic mass is 16.5. The molecule has 33 heavy (non-hydrogen) atoms. The Hall–Kier alpha value is -3.61. The summed E-state index contributed by atoms with van der Waals surface area (Å²) in [5, 5.41) is 3.38. The van der Waals surface area contributed by atoms with Gasteiger partial charge in [-0.3, -0.25) is 4.79 Å². The molecule has 1 aliphatic heterocycles. The summed E-state index contributed by atoms with van der Waals surface area (Å²) in [6, 6.07) is 18.0. The molecule has 0 amide bonds. The Labute approximate surface area is 194 Å². The number of anilines is 4. The van der Waals surface area contributed by atoms with Gasteiger partial charge in [-0.1, -0.05) is 31.2 Å². The standard InChI is InChI=1S/C26H29N5O2/c1-18-15-22-24(23(32)16-18)25(27-19-7-4-3-5-8-19)29-26(28-22)31-13-11-30(12-14-31)20-9-6-10-21(17-20)33-2/h3-10,17-18H,11-16H2,1-2H3,(H,27,28,29). The number of methoxy groups -OCH3 is 1. The normalized spacial score (nSPS) is 18.1. The molecule has 1 aromatic heterocycles. The number of nitrogens with zero attached hydrogens (tertiary/aromatic N) is 4. The van der Waals surface area contributed by atoms with Gasteiger partial charge in [0, 0.05) is 50.0 Å². The van der Waals surface area contributed by atoms with Gasteiger partial charge in [-0.2, -0.15) is 4.98 Å². The van der Waals surface area contributed by atoms with Crippen LogP contribution >= 0.6 is 0 Å². The summed E-state index contributed by atoms with van der Waals surface area (Å²) in [4.78, 5) is 27.2. The largest absolute Gasteiger partial charge is 0.497 e. The van der Waals surface area contributed by atoms with E-state index in [2.05, 4.69) is 34.2 Å². The van der Waals surface area contributed by atoms with Gasteiger partial charge in [0.1, 0.15) is 11.6 Å². The number of para-hydroxylation sites is 1. The number of nitrogens with one attached hydrogen (secondary N) is 1. The summed E-state index contributed by atoms with van der Waals surface area (Å²) in [6.07, 6.45) is 1.34. The van der Waals surface area contributed by atoms with Crippen molar-refractivity contribution in [2.24, 2.45) is 5.92 Å². The molecule has 0 radical (unpaired) electrons. The molecule has 5 rings (SSSR count). The van der Waals surface area contributed by atoms with Gasteiger partial charge in [-0.15, -0.1) is 0 Å². The number of ether oxygens (including phenoxy) is 1. The highest BCUT2D eigenvalue weighted by Crippen LogP contribution is 2.32. The number of aromatic nitrogens is 2. The van der Waals surface area contributed by atoms with Crippen LogP contribution in [0, 0.1) is 5.92 Å². The lowest BCUT2D eigenvalue weighted by atomic mass is 9.87. The molecule has 2 aliphatic rings. The van der Waals surface area contributed by atoms with E-state index in [0.717, 1.165) is 55.4 Å². The number of fused-ring (bicyclic) bond motifs is 1. The average Bonchev–Trinajstić information content (AvgIpc) is 2.84. The molecule has 2 heterocycles. The van der Waals surface area contributed by atoms with Gasteiger partial charge in [0.25, 0.3) is 0 Å². The lowest BCUT2D eigenvalue weighted by Crippen LogP contribution is -2.47. The van der Waals surface area contributed by atoms with Crippen LogP contribution in [0.25, 0.3) is 0 Å². The van der Waals surface area contributed by atoms with E-state index in [1.54, 1.807) is 7.11 Å². The number of hydrogen-bond acceptors (Lipinski definition) is 7. The maximum absolute atomic E-state index is 12.9. The lowest BCUT2D eigenvalue weighted by Gasteiger charge is -2.36. The van der Waals surface area contributed by atoms with Crippen molar-refractivity contribution in [3.63, 3.8) is 0 Å². The van der Waals surface area contributed by atoms with Crippen LogP contribution in [0.3, 0.4) is 0 Å². The van der Waals surface area contributed by atoms with Crippen molar-refractivity contribution in [1.29, 1.82) is 0 Å². The van der Waals surface area contributed by atoms with Crippen LogP contribution in [-0.2, 0) is 6.42 Å². The Kier molecular flexibility index (Phi) is 5.86. The molecular weight excluding hydrogens is 414 g/mol. The van der Waals surface area contributed by atoms with Crippen LogP contribution < -0.4 is 19.9 Å². The van der Waals surface area contributed by atoms with Crippen molar-refractivity contribution < 1.29 is 9.53 Å². The smallest absolute Gasteiger partial charge is 0.227 e. The van der Waals surface area contributed by atoms with Gasteiger partial charge in [-0.25, -0.2) is 4.98 Å². The highest BCUT2D eigenvalue weighted by Gasteiger charge is 2.30. The maximum atomic E-state index is 12.9. The van der Waals surface area contributed by atoms with Gasteiger partial charge in [0.2, 0.25) is 5.95 Å². The average molecular weight is 444 g/mol. The third-order valence-corrected chi connectivity index (χ3v) is 6.34. The molecule has 1 saturated heterocycles. The van der Waals surface area contributed by atoms with Crippen LogP contribution in [0.2, 0.25) is 0 Å². The molecule has 1 N–H and O–H groups in total. The van der Waals surface area contributed by atoms with Crippen molar-refractivity contribution in [2.75, 3.05) is 48.4 Å². The summed E-state index contributed by atoms with van der Waals surface area (Å²) >= 11 is 0. The summed E-state index contributed by atoms with van der Waals surface area (Å²) < 4.78 is 5.38. The van der Waals surface area contributed by atoms with E-state index >= 15 is 0 Å². The molecule has 0 spiro atoms. The third-order valence-electron chi connectivity index (χ3n) is 6.34. The van der Waals surface area contributed by atoms with Crippen LogP contribution in [-0.4, -0.2) is 49.0 Å². The Morgan fingerprint density at radius 3 is 2.45 bits per heavy atom. The number of hydrogen-bond donors (Lipinski definition) is 1. The Bertz CT molecular complexity index is 1140. The molecule has 2 aromatic carbocycles. The highest BCUT2D eigenvalue weighted by molar-refractivity contribution is 6.03. The second-order valence-electron chi connectivity index (χ2n) is 8.80. The lowest BCUT2D eigenvalue weighted by molar-refractivity contribution is 0.0952. The summed E-state index contributed by atoms with van der Waals surface area (Å²) in [5.74, 6) is 2.59. The molecule has 3 aromatic rings. The van der Waals surface area contributed by atoms with Gasteiger partial charge in [-0.05, 0) is 36.6 Å². The first-order valence-corrected chi connectivity index (χ1v) is 11.5. The number of rotatable bonds is 5. The van der Waals surface area contributed by atoms with Crippen molar-refractivity contribution in [1.82, 2.24) is 9.97 Å². The molecule has 7 nitrogen and oxygen atoms in total. The van der Waals surface area contributed by atoms with Crippen LogP contribution in [0.5, 0.6) is 5.75 Å². The van der Waals surface area contributed by atoms with Crippen molar-refractivity contribution in [3.05, 3.63) is 65.9 Å². The number of Topliss-reactive ketones (excluding diaryl/α,β-unsaturated/α-hetero) is 1. The van der Waals surface area contributed by atoms with Crippen LogP contribution in [0.15, 0.2) is 54.6 Å². The Balaban J connectivity index is 1.41. The molecule has 170 valence electrons. The zero-order valence-electron chi connectivity index (χ0n) is 19.1. The van der Waals surface area contributed by atoms with E-state index in [1.165, 1.54) is 0 Å². The predicted molar refractivity (Wildman–Crippen MR) is 131 cm³/mol. The minimum absolute atomic E-state index is 0.122. The third kappa shape index (κ3) is 4.49. The van der Waals surface area contributed by atoms with E-state index in [1.807, 2.05) is 42.5 Å². The SMILES string of the molecule is COc1cccc(N2CCN(c3nc4c(c(Nc5ccccc5)n3)C(=O)CC(C)C4)CC2)c1. The minimum Gasteiger partial charge on any atom is -0.497 e. The molecule has 1 unspecified atom stereocenters.